The summed E-state index contributed by atoms with van der Waals surface area (Å²) < 4.78 is 13.0. The number of carbonyl (C=O) groups excluding carboxylic acids is 1. The third kappa shape index (κ3) is 4.74. The summed E-state index contributed by atoms with van der Waals surface area (Å²) in [5.74, 6) is 0.407. The zero-order chi connectivity index (χ0) is 20.1. The zero-order valence-corrected chi connectivity index (χ0v) is 16.0. The number of benzene rings is 1. The average molecular weight is 391 g/mol. The smallest absolute Gasteiger partial charge is 0.225 e. The molecule has 4 rings (SSSR count). The normalized spacial score (nSPS) is 16.4. The van der Waals surface area contributed by atoms with Crippen LogP contribution in [-0.4, -0.2) is 34.2 Å². The van der Waals surface area contributed by atoms with Gasteiger partial charge in [-0.3, -0.25) is 9.78 Å². The van der Waals surface area contributed by atoms with Crippen LogP contribution in [0.5, 0.6) is 0 Å². The van der Waals surface area contributed by atoms with Gasteiger partial charge < -0.3 is 10.2 Å². The van der Waals surface area contributed by atoms with E-state index in [0.29, 0.717) is 13.1 Å². The van der Waals surface area contributed by atoms with Gasteiger partial charge in [-0.1, -0.05) is 12.1 Å². The topological polar surface area (TPSA) is 71.0 Å². The van der Waals surface area contributed by atoms with E-state index >= 15 is 0 Å². The van der Waals surface area contributed by atoms with Crippen molar-refractivity contribution in [2.24, 2.45) is 5.92 Å². The summed E-state index contributed by atoms with van der Waals surface area (Å²) in [6, 6.07) is 13.8. The van der Waals surface area contributed by atoms with Crippen LogP contribution in [0, 0.1) is 11.7 Å². The number of rotatable bonds is 5. The molecular formula is C22H22FN5O. The lowest BCUT2D eigenvalue weighted by molar-refractivity contribution is -0.125. The highest BCUT2D eigenvalue weighted by atomic mass is 19.1. The van der Waals surface area contributed by atoms with Gasteiger partial charge in [0.05, 0.1) is 11.6 Å². The molecular weight excluding hydrogens is 369 g/mol. The van der Waals surface area contributed by atoms with Gasteiger partial charge in [-0.05, 0) is 54.8 Å². The van der Waals surface area contributed by atoms with Gasteiger partial charge in [0, 0.05) is 37.6 Å². The quantitative estimate of drug-likeness (QED) is 0.723. The molecule has 29 heavy (non-hydrogen) atoms. The van der Waals surface area contributed by atoms with E-state index in [1.165, 1.54) is 12.1 Å². The molecule has 3 heterocycles. The maximum Gasteiger partial charge on any atom is 0.225 e. The molecule has 1 atom stereocenters. The van der Waals surface area contributed by atoms with Crippen LogP contribution in [0.3, 0.4) is 0 Å². The summed E-state index contributed by atoms with van der Waals surface area (Å²) >= 11 is 0. The molecule has 148 valence electrons. The van der Waals surface area contributed by atoms with Gasteiger partial charge in [-0.25, -0.2) is 4.39 Å². The van der Waals surface area contributed by atoms with Crippen LogP contribution in [0.25, 0.3) is 11.3 Å². The van der Waals surface area contributed by atoms with E-state index < -0.39 is 0 Å². The van der Waals surface area contributed by atoms with Crippen LogP contribution in [0.15, 0.2) is 60.9 Å². The Hall–Kier alpha value is -3.35. The molecule has 1 saturated heterocycles. The fourth-order valence-electron chi connectivity index (χ4n) is 3.51. The van der Waals surface area contributed by atoms with Crippen molar-refractivity contribution in [3.8, 4) is 11.3 Å². The van der Waals surface area contributed by atoms with Crippen LogP contribution in [0.4, 0.5) is 10.2 Å². The molecule has 2 aromatic heterocycles. The Morgan fingerprint density at radius 1 is 1.07 bits per heavy atom. The van der Waals surface area contributed by atoms with E-state index in [1.807, 2.05) is 24.3 Å². The number of hydrogen-bond donors (Lipinski definition) is 1. The van der Waals surface area contributed by atoms with Gasteiger partial charge in [0.15, 0.2) is 5.82 Å². The number of nitrogens with zero attached hydrogens (tertiary/aromatic N) is 4. The van der Waals surface area contributed by atoms with Crippen molar-refractivity contribution in [3.05, 3.63) is 72.3 Å². The Morgan fingerprint density at radius 2 is 1.86 bits per heavy atom. The Bertz CT molecular complexity index is 947. The average Bonchev–Trinajstić information content (AvgIpc) is 2.79. The van der Waals surface area contributed by atoms with E-state index in [1.54, 1.807) is 24.5 Å². The van der Waals surface area contributed by atoms with E-state index in [2.05, 4.69) is 25.4 Å². The highest BCUT2D eigenvalue weighted by molar-refractivity contribution is 5.79. The molecule has 1 aliphatic rings. The molecule has 0 bridgehead atoms. The van der Waals surface area contributed by atoms with Crippen molar-refractivity contribution < 1.29 is 9.18 Å². The number of piperidine rings is 1. The molecule has 0 aliphatic carbocycles. The minimum atomic E-state index is -0.279. The first-order valence-electron chi connectivity index (χ1n) is 9.70. The number of halogens is 1. The number of carbonyl (C=O) groups is 1. The van der Waals surface area contributed by atoms with Crippen LogP contribution >= 0.6 is 0 Å². The van der Waals surface area contributed by atoms with Crippen molar-refractivity contribution in [1.82, 2.24) is 20.5 Å². The number of amides is 1. The summed E-state index contributed by atoms with van der Waals surface area (Å²) in [7, 11) is 0. The molecule has 1 unspecified atom stereocenters. The van der Waals surface area contributed by atoms with Gasteiger partial charge in [0.2, 0.25) is 5.91 Å². The van der Waals surface area contributed by atoms with Gasteiger partial charge in [-0.15, -0.1) is 10.2 Å². The van der Waals surface area contributed by atoms with E-state index in [-0.39, 0.29) is 17.6 Å². The van der Waals surface area contributed by atoms with Crippen LogP contribution in [0.2, 0.25) is 0 Å². The second-order valence-corrected chi connectivity index (χ2v) is 7.14. The SMILES string of the molecule is O=C(NCc1ccc(F)cc1)C1CCCN(c2ccc(-c3ccncc3)nn2)C1. The van der Waals surface area contributed by atoms with Crippen molar-refractivity contribution in [3.63, 3.8) is 0 Å². The molecule has 1 N–H and O–H groups in total. The molecule has 1 aromatic carbocycles. The summed E-state index contributed by atoms with van der Waals surface area (Å²) in [5.41, 5.74) is 2.64. The van der Waals surface area contributed by atoms with Crippen molar-refractivity contribution in [2.45, 2.75) is 19.4 Å². The molecule has 0 saturated carbocycles. The maximum absolute atomic E-state index is 13.0. The molecule has 6 nitrogen and oxygen atoms in total. The third-order valence-electron chi connectivity index (χ3n) is 5.12. The highest BCUT2D eigenvalue weighted by Gasteiger charge is 2.26. The first kappa shape index (κ1) is 19.0. The number of hydrogen-bond acceptors (Lipinski definition) is 5. The highest BCUT2D eigenvalue weighted by Crippen LogP contribution is 2.23. The third-order valence-corrected chi connectivity index (χ3v) is 5.12. The largest absolute Gasteiger partial charge is 0.354 e. The zero-order valence-electron chi connectivity index (χ0n) is 16.0. The lowest BCUT2D eigenvalue weighted by atomic mass is 9.97. The van der Waals surface area contributed by atoms with Crippen LogP contribution < -0.4 is 10.2 Å². The van der Waals surface area contributed by atoms with E-state index in [9.17, 15) is 9.18 Å². The van der Waals surface area contributed by atoms with Crippen molar-refractivity contribution in [1.29, 1.82) is 0 Å². The minimum absolute atomic E-state index is 0.0142. The Labute approximate surface area is 168 Å². The Kier molecular flexibility index (Phi) is 5.74. The van der Waals surface area contributed by atoms with E-state index in [0.717, 1.165) is 42.0 Å². The van der Waals surface area contributed by atoms with Crippen molar-refractivity contribution >= 4 is 11.7 Å². The predicted octanol–water partition coefficient (Wildman–Crippen LogP) is 3.21. The van der Waals surface area contributed by atoms with E-state index in [4.69, 9.17) is 0 Å². The lowest BCUT2D eigenvalue weighted by Gasteiger charge is -2.32. The maximum atomic E-state index is 13.0. The second kappa shape index (κ2) is 8.77. The number of anilines is 1. The molecule has 7 heteroatoms. The fraction of sp³-hybridized carbons (Fsp3) is 0.273. The van der Waals surface area contributed by atoms with Gasteiger partial charge in [-0.2, -0.15) is 0 Å². The predicted molar refractivity (Wildman–Crippen MR) is 108 cm³/mol. The first-order valence-corrected chi connectivity index (χ1v) is 9.70. The second-order valence-electron chi connectivity index (χ2n) is 7.14. The van der Waals surface area contributed by atoms with Gasteiger partial charge in [0.1, 0.15) is 5.82 Å². The standard InChI is InChI=1S/C22H22FN5O/c23-19-5-3-16(4-6-19)14-25-22(29)18-2-1-13-28(15-18)21-8-7-20(26-27-21)17-9-11-24-12-10-17/h3-12,18H,1-2,13-15H2,(H,25,29). The number of nitrogens with one attached hydrogen (secondary N) is 1. The summed E-state index contributed by atoms with van der Waals surface area (Å²) in [4.78, 5) is 18.7. The molecule has 0 radical (unpaired) electrons. The molecule has 1 aliphatic heterocycles. The number of pyridine rings is 1. The minimum Gasteiger partial charge on any atom is -0.354 e. The van der Waals surface area contributed by atoms with Crippen LogP contribution in [0.1, 0.15) is 18.4 Å². The van der Waals surface area contributed by atoms with Crippen molar-refractivity contribution in [2.75, 3.05) is 18.0 Å². The fourth-order valence-corrected chi connectivity index (χ4v) is 3.51. The molecule has 3 aromatic rings. The first-order chi connectivity index (χ1) is 14.2. The number of aromatic nitrogens is 3. The summed E-state index contributed by atoms with van der Waals surface area (Å²) in [5, 5.41) is 11.6. The summed E-state index contributed by atoms with van der Waals surface area (Å²) in [6.07, 6.45) is 5.21. The Balaban J connectivity index is 1.36. The summed E-state index contributed by atoms with van der Waals surface area (Å²) in [6.45, 7) is 1.86. The van der Waals surface area contributed by atoms with Crippen LogP contribution in [-0.2, 0) is 11.3 Å². The molecule has 1 fully saturated rings. The molecule has 0 spiro atoms. The Morgan fingerprint density at radius 3 is 2.59 bits per heavy atom. The lowest BCUT2D eigenvalue weighted by Crippen LogP contribution is -2.43. The molecule has 1 amide bonds. The van der Waals surface area contributed by atoms with Gasteiger partial charge >= 0.3 is 0 Å². The van der Waals surface area contributed by atoms with Gasteiger partial charge in [0.25, 0.3) is 0 Å². The monoisotopic (exact) mass is 391 g/mol.